The minimum Gasteiger partial charge on any atom is -0.395 e. The van der Waals surface area contributed by atoms with E-state index in [0.29, 0.717) is 22.8 Å². The number of aromatic nitrogens is 1. The van der Waals surface area contributed by atoms with Gasteiger partial charge >= 0.3 is 6.18 Å². The van der Waals surface area contributed by atoms with Crippen molar-refractivity contribution in [3.05, 3.63) is 23.5 Å². The first kappa shape index (κ1) is 17.2. The van der Waals surface area contributed by atoms with Gasteiger partial charge in [-0.3, -0.25) is 9.78 Å². The zero-order valence-electron chi connectivity index (χ0n) is 11.9. The highest BCUT2D eigenvalue weighted by molar-refractivity contribution is 5.99. The van der Waals surface area contributed by atoms with Crippen LogP contribution in [-0.4, -0.2) is 53.3 Å². The number of aliphatic hydroxyl groups is 1. The number of nitrogens with zero attached hydrogens (tertiary/aromatic N) is 2. The molecule has 0 atom stereocenters. The van der Waals surface area contributed by atoms with Gasteiger partial charge in [0.2, 0.25) is 0 Å². The highest BCUT2D eigenvalue weighted by Gasteiger charge is 2.33. The fourth-order valence-electron chi connectivity index (χ4n) is 1.83. The van der Waals surface area contributed by atoms with Crippen LogP contribution >= 0.6 is 0 Å². The van der Waals surface area contributed by atoms with Gasteiger partial charge in [-0.1, -0.05) is 0 Å². The predicted octanol–water partition coefficient (Wildman–Crippen LogP) is 1.82. The summed E-state index contributed by atoms with van der Waals surface area (Å²) < 4.78 is 37.5. The number of hydrogen-bond acceptors (Lipinski definition) is 4. The lowest BCUT2D eigenvalue weighted by Gasteiger charge is -2.24. The van der Waals surface area contributed by atoms with Crippen molar-refractivity contribution in [2.24, 2.45) is 0 Å². The van der Waals surface area contributed by atoms with Gasteiger partial charge in [0.25, 0.3) is 5.91 Å². The molecule has 0 fully saturated rings. The number of carbonyl (C=O) groups is 1. The summed E-state index contributed by atoms with van der Waals surface area (Å²) in [7, 11) is 0. The molecule has 8 heteroatoms. The fourth-order valence-corrected chi connectivity index (χ4v) is 1.83. The molecule has 0 aliphatic heterocycles. The zero-order valence-corrected chi connectivity index (χ0v) is 11.9. The van der Waals surface area contributed by atoms with Gasteiger partial charge < -0.3 is 15.3 Å². The number of carbonyl (C=O) groups excluding carboxylic acids is 1. The van der Waals surface area contributed by atoms with Gasteiger partial charge in [-0.15, -0.1) is 0 Å². The summed E-state index contributed by atoms with van der Waals surface area (Å²) in [6.07, 6.45) is -3.28. The first-order valence-electron chi connectivity index (χ1n) is 6.46. The summed E-state index contributed by atoms with van der Waals surface area (Å²) in [5.41, 5.74) is 1.13. The molecule has 0 unspecified atom stereocenters. The Kier molecular flexibility index (Phi) is 5.95. The van der Waals surface area contributed by atoms with Crippen LogP contribution in [0.4, 0.5) is 18.9 Å². The Labute approximate surface area is 120 Å². The molecule has 1 amide bonds. The maximum atomic E-state index is 12.5. The number of pyridine rings is 1. The lowest BCUT2D eigenvalue weighted by atomic mass is 10.1. The molecule has 1 aromatic heterocycles. The molecule has 0 radical (unpaired) electrons. The molecule has 1 rings (SSSR count). The average molecular weight is 305 g/mol. The third kappa shape index (κ3) is 5.22. The maximum absolute atomic E-state index is 12.5. The molecule has 1 heterocycles. The van der Waals surface area contributed by atoms with Crippen LogP contribution < -0.4 is 5.32 Å². The topological polar surface area (TPSA) is 65.5 Å². The molecule has 0 saturated heterocycles. The number of hydrogen-bond donors (Lipinski definition) is 2. The van der Waals surface area contributed by atoms with Crippen molar-refractivity contribution in [2.75, 3.05) is 31.6 Å². The van der Waals surface area contributed by atoms with E-state index in [0.717, 1.165) is 0 Å². The van der Waals surface area contributed by atoms with E-state index in [4.69, 9.17) is 5.11 Å². The highest BCUT2D eigenvalue weighted by atomic mass is 19.4. The van der Waals surface area contributed by atoms with E-state index in [9.17, 15) is 18.0 Å². The minimum atomic E-state index is -4.53. The molecule has 0 aromatic carbocycles. The monoisotopic (exact) mass is 305 g/mol. The van der Waals surface area contributed by atoms with Crippen LogP contribution in [0.2, 0.25) is 0 Å². The molecule has 0 aliphatic rings. The normalized spacial score (nSPS) is 11.3. The van der Waals surface area contributed by atoms with Crippen LogP contribution in [0.5, 0.6) is 0 Å². The van der Waals surface area contributed by atoms with Gasteiger partial charge in [0.05, 0.1) is 17.9 Å². The third-order valence-corrected chi connectivity index (χ3v) is 2.67. The SMILES string of the molecule is CCNc1cc(C)ncc1C(=O)N(CCO)CC(F)(F)F. The standard InChI is InChI=1S/C13H18F3N3O2/c1-3-17-11-6-9(2)18-7-10(11)12(21)19(4-5-20)8-13(14,15)16/h6-7,20H,3-5,8H2,1-2H3,(H,17,18). The molecular formula is C13H18F3N3O2. The lowest BCUT2D eigenvalue weighted by Crippen LogP contribution is -2.41. The summed E-state index contributed by atoms with van der Waals surface area (Å²) >= 11 is 0. The maximum Gasteiger partial charge on any atom is 0.406 e. The molecule has 0 spiro atoms. The molecule has 0 bridgehead atoms. The number of alkyl halides is 3. The lowest BCUT2D eigenvalue weighted by molar-refractivity contribution is -0.141. The summed E-state index contributed by atoms with van der Waals surface area (Å²) in [5, 5.41) is 11.8. The van der Waals surface area contributed by atoms with Crippen molar-refractivity contribution >= 4 is 11.6 Å². The predicted molar refractivity (Wildman–Crippen MR) is 72.2 cm³/mol. The van der Waals surface area contributed by atoms with Crippen LogP contribution in [-0.2, 0) is 0 Å². The second-order valence-corrected chi connectivity index (χ2v) is 4.47. The van der Waals surface area contributed by atoms with E-state index in [-0.39, 0.29) is 5.56 Å². The summed E-state index contributed by atoms with van der Waals surface area (Å²) in [6.45, 7) is 1.70. The average Bonchev–Trinajstić information content (AvgIpc) is 2.36. The van der Waals surface area contributed by atoms with E-state index in [1.54, 1.807) is 13.0 Å². The minimum absolute atomic E-state index is 0.0557. The van der Waals surface area contributed by atoms with Gasteiger partial charge in [0, 0.05) is 25.0 Å². The number of amides is 1. The number of aliphatic hydroxyl groups excluding tert-OH is 1. The smallest absolute Gasteiger partial charge is 0.395 e. The third-order valence-electron chi connectivity index (χ3n) is 2.67. The molecule has 2 N–H and O–H groups in total. The number of rotatable bonds is 6. The van der Waals surface area contributed by atoms with Crippen molar-refractivity contribution in [1.29, 1.82) is 0 Å². The molecule has 1 aromatic rings. The second-order valence-electron chi connectivity index (χ2n) is 4.47. The van der Waals surface area contributed by atoms with Crippen molar-refractivity contribution < 1.29 is 23.1 Å². The molecule has 0 saturated carbocycles. The quantitative estimate of drug-likeness (QED) is 0.841. The summed E-state index contributed by atoms with van der Waals surface area (Å²) in [4.78, 5) is 16.8. The van der Waals surface area contributed by atoms with E-state index in [1.165, 1.54) is 6.20 Å². The zero-order chi connectivity index (χ0) is 16.0. The summed E-state index contributed by atoms with van der Waals surface area (Å²) in [6, 6.07) is 1.60. The van der Waals surface area contributed by atoms with E-state index >= 15 is 0 Å². The second kappa shape index (κ2) is 7.26. The van der Waals surface area contributed by atoms with Crippen LogP contribution in [0.1, 0.15) is 23.0 Å². The molecular weight excluding hydrogens is 287 g/mol. The Morgan fingerprint density at radius 1 is 1.48 bits per heavy atom. The van der Waals surface area contributed by atoms with Crippen LogP contribution in [0.3, 0.4) is 0 Å². The van der Waals surface area contributed by atoms with Crippen molar-refractivity contribution in [1.82, 2.24) is 9.88 Å². The van der Waals surface area contributed by atoms with Gasteiger partial charge in [0.15, 0.2) is 0 Å². The van der Waals surface area contributed by atoms with E-state index in [1.807, 2.05) is 6.92 Å². The van der Waals surface area contributed by atoms with Gasteiger partial charge in [0.1, 0.15) is 6.54 Å². The number of anilines is 1. The van der Waals surface area contributed by atoms with Crippen molar-refractivity contribution in [3.8, 4) is 0 Å². The highest BCUT2D eigenvalue weighted by Crippen LogP contribution is 2.21. The molecule has 5 nitrogen and oxygen atoms in total. The number of halogens is 3. The van der Waals surface area contributed by atoms with Crippen LogP contribution in [0.15, 0.2) is 12.3 Å². The van der Waals surface area contributed by atoms with Gasteiger partial charge in [-0.25, -0.2) is 0 Å². The molecule has 0 aliphatic carbocycles. The Morgan fingerprint density at radius 2 is 2.14 bits per heavy atom. The Hall–Kier alpha value is -1.83. The summed E-state index contributed by atoms with van der Waals surface area (Å²) in [5.74, 6) is -0.815. The van der Waals surface area contributed by atoms with Gasteiger partial charge in [-0.05, 0) is 19.9 Å². The van der Waals surface area contributed by atoms with Gasteiger partial charge in [-0.2, -0.15) is 13.2 Å². The molecule has 21 heavy (non-hydrogen) atoms. The fraction of sp³-hybridized carbons (Fsp3) is 0.538. The molecule has 118 valence electrons. The van der Waals surface area contributed by atoms with E-state index in [2.05, 4.69) is 10.3 Å². The largest absolute Gasteiger partial charge is 0.406 e. The Balaban J connectivity index is 3.08. The Bertz CT molecular complexity index is 492. The first-order chi connectivity index (χ1) is 9.78. The van der Waals surface area contributed by atoms with Crippen molar-refractivity contribution in [2.45, 2.75) is 20.0 Å². The van der Waals surface area contributed by atoms with Crippen molar-refractivity contribution in [3.63, 3.8) is 0 Å². The van der Waals surface area contributed by atoms with E-state index < -0.39 is 31.8 Å². The number of nitrogens with one attached hydrogen (secondary N) is 1. The van der Waals surface area contributed by atoms with Crippen LogP contribution in [0.25, 0.3) is 0 Å². The first-order valence-corrected chi connectivity index (χ1v) is 6.46. The number of aryl methyl sites for hydroxylation is 1. The Morgan fingerprint density at radius 3 is 2.67 bits per heavy atom. The van der Waals surface area contributed by atoms with Crippen LogP contribution in [0, 0.1) is 6.92 Å².